The van der Waals surface area contributed by atoms with Crippen LogP contribution in [0.1, 0.15) is 20.3 Å². The highest BCUT2D eigenvalue weighted by atomic mass is 127. The number of sulfone groups is 1. The monoisotopic (exact) mass is 505 g/mol. The molecule has 0 atom stereocenters. The second-order valence-corrected chi connectivity index (χ2v) is 10.00. The molecule has 150 valence electrons. The van der Waals surface area contributed by atoms with E-state index in [1.54, 1.807) is 20.9 Å². The molecule has 2 heterocycles. The van der Waals surface area contributed by atoms with Gasteiger partial charge in [0.05, 0.1) is 27.9 Å². The summed E-state index contributed by atoms with van der Waals surface area (Å²) in [4.78, 5) is 10.8. The Hall–Kier alpha value is -1.36. The Morgan fingerprint density at radius 1 is 1.33 bits per heavy atom. The van der Waals surface area contributed by atoms with E-state index in [1.165, 1.54) is 0 Å². The van der Waals surface area contributed by atoms with Gasteiger partial charge in [-0.2, -0.15) is 0 Å². The molecule has 0 spiro atoms. The zero-order valence-corrected chi connectivity index (χ0v) is 19.2. The number of benzene rings is 1. The first kappa shape index (κ1) is 21.9. The molecule has 1 aromatic heterocycles. The van der Waals surface area contributed by atoms with Gasteiger partial charge in [0.2, 0.25) is 0 Å². The van der Waals surface area contributed by atoms with E-state index in [0.717, 1.165) is 36.5 Å². The van der Waals surface area contributed by atoms with Crippen molar-refractivity contribution < 1.29 is 8.42 Å². The Balaban J connectivity index is 0.00000261. The van der Waals surface area contributed by atoms with Crippen molar-refractivity contribution in [2.45, 2.75) is 31.6 Å². The molecule has 27 heavy (non-hydrogen) atoms. The Labute approximate surface area is 178 Å². The van der Waals surface area contributed by atoms with Crippen LogP contribution in [-0.2, 0) is 16.4 Å². The number of para-hydroxylation sites is 2. The number of aliphatic imine (C=N–C) groups is 1. The fourth-order valence-electron chi connectivity index (χ4n) is 3.29. The second-order valence-electron chi connectivity index (χ2n) is 7.25. The fourth-order valence-corrected chi connectivity index (χ4v) is 4.66. The minimum Gasteiger partial charge on any atom is -0.356 e. The predicted molar refractivity (Wildman–Crippen MR) is 121 cm³/mol. The van der Waals surface area contributed by atoms with Crippen molar-refractivity contribution in [3.8, 4) is 0 Å². The van der Waals surface area contributed by atoms with Crippen LogP contribution in [0.5, 0.6) is 0 Å². The summed E-state index contributed by atoms with van der Waals surface area (Å²) in [6, 6.07) is 8.10. The van der Waals surface area contributed by atoms with E-state index in [2.05, 4.69) is 25.9 Å². The van der Waals surface area contributed by atoms with Gasteiger partial charge in [0.25, 0.3) is 0 Å². The Morgan fingerprint density at radius 2 is 2.07 bits per heavy atom. The minimum absolute atomic E-state index is 0. The summed E-state index contributed by atoms with van der Waals surface area (Å²) in [7, 11) is -1.31. The fraction of sp³-hybridized carbons (Fsp3) is 0.556. The summed E-state index contributed by atoms with van der Waals surface area (Å²) in [5.74, 6) is 0.935. The highest BCUT2D eigenvalue weighted by Crippen LogP contribution is 2.23. The molecule has 1 fully saturated rings. The van der Waals surface area contributed by atoms with Crippen molar-refractivity contribution in [3.63, 3.8) is 0 Å². The van der Waals surface area contributed by atoms with E-state index in [0.29, 0.717) is 13.1 Å². The highest BCUT2D eigenvalue weighted by Gasteiger charge is 2.40. The molecule has 0 unspecified atom stereocenters. The molecule has 1 aliphatic rings. The molecule has 9 heteroatoms. The molecule has 0 saturated carbocycles. The molecule has 7 nitrogen and oxygen atoms in total. The third-order valence-corrected chi connectivity index (χ3v) is 7.47. The molecule has 3 rings (SSSR count). The van der Waals surface area contributed by atoms with Crippen molar-refractivity contribution in [2.24, 2.45) is 4.99 Å². The van der Waals surface area contributed by atoms with Gasteiger partial charge in [-0.15, -0.1) is 24.0 Å². The average molecular weight is 505 g/mol. The molecule has 1 N–H and O–H groups in total. The molecule has 0 aliphatic carbocycles. The summed E-state index contributed by atoms with van der Waals surface area (Å²) >= 11 is 0. The van der Waals surface area contributed by atoms with Crippen molar-refractivity contribution in [3.05, 3.63) is 30.6 Å². The number of guanidine groups is 1. The van der Waals surface area contributed by atoms with E-state index in [1.807, 2.05) is 29.4 Å². The lowest BCUT2D eigenvalue weighted by molar-refractivity contribution is 0.353. The van der Waals surface area contributed by atoms with E-state index in [-0.39, 0.29) is 29.7 Å². The van der Waals surface area contributed by atoms with E-state index in [4.69, 9.17) is 0 Å². The molecule has 0 bridgehead atoms. The maximum Gasteiger partial charge on any atom is 0.193 e. The molecular formula is C18H28IN5O2S. The number of nitrogens with zero attached hydrogens (tertiary/aromatic N) is 4. The third kappa shape index (κ3) is 4.74. The first-order chi connectivity index (χ1) is 12.3. The van der Waals surface area contributed by atoms with E-state index >= 15 is 0 Å². The second kappa shape index (κ2) is 8.76. The number of fused-ring (bicyclic) bond motifs is 1. The van der Waals surface area contributed by atoms with Crippen molar-refractivity contribution in [1.82, 2.24) is 19.8 Å². The largest absolute Gasteiger partial charge is 0.356 e. The number of aryl methyl sites for hydroxylation is 1. The molecule has 2 aromatic rings. The number of rotatable bonds is 4. The first-order valence-corrected chi connectivity index (χ1v) is 10.6. The summed E-state index contributed by atoms with van der Waals surface area (Å²) in [6.45, 7) is 6.14. The van der Waals surface area contributed by atoms with Gasteiger partial charge >= 0.3 is 0 Å². The van der Waals surface area contributed by atoms with Crippen LogP contribution < -0.4 is 5.32 Å². The molecule has 1 aliphatic heterocycles. The zero-order valence-electron chi connectivity index (χ0n) is 16.1. The van der Waals surface area contributed by atoms with Gasteiger partial charge in [0.1, 0.15) is 0 Å². The van der Waals surface area contributed by atoms with Crippen LogP contribution in [0.4, 0.5) is 0 Å². The quantitative estimate of drug-likeness (QED) is 0.298. The summed E-state index contributed by atoms with van der Waals surface area (Å²) in [6.07, 6.45) is 2.80. The predicted octanol–water partition coefficient (Wildman–Crippen LogP) is 2.13. The normalized spacial score (nSPS) is 18.9. The van der Waals surface area contributed by atoms with Gasteiger partial charge in [0, 0.05) is 33.2 Å². The maximum atomic E-state index is 12.2. The van der Waals surface area contributed by atoms with Gasteiger partial charge in [-0.1, -0.05) is 12.1 Å². The van der Waals surface area contributed by atoms with Gasteiger partial charge in [-0.05, 0) is 32.4 Å². The highest BCUT2D eigenvalue weighted by molar-refractivity contribution is 14.0. The summed E-state index contributed by atoms with van der Waals surface area (Å²) in [5, 5.41) is 3.36. The maximum absolute atomic E-state index is 12.2. The zero-order chi connectivity index (χ0) is 18.8. The minimum atomic E-state index is -3.05. The van der Waals surface area contributed by atoms with E-state index in [9.17, 15) is 8.42 Å². The van der Waals surface area contributed by atoms with Crippen LogP contribution in [0.25, 0.3) is 11.0 Å². The van der Waals surface area contributed by atoms with Crippen LogP contribution >= 0.6 is 24.0 Å². The Bertz CT molecular complexity index is 907. The molecule has 0 amide bonds. The third-order valence-electron chi connectivity index (χ3n) is 4.94. The lowest BCUT2D eigenvalue weighted by Gasteiger charge is -2.39. The molecular weight excluding hydrogens is 477 g/mol. The number of aromatic nitrogens is 2. The first-order valence-electron chi connectivity index (χ1n) is 8.92. The molecule has 1 aromatic carbocycles. The lowest BCUT2D eigenvalue weighted by Crippen LogP contribution is -2.57. The van der Waals surface area contributed by atoms with E-state index < -0.39 is 14.6 Å². The van der Waals surface area contributed by atoms with Crippen molar-refractivity contribution in [1.29, 1.82) is 0 Å². The lowest BCUT2D eigenvalue weighted by atomic mass is 10.2. The molecule has 1 saturated heterocycles. The SMILES string of the molecule is CN=C(NCCCn1cnc2ccccc21)N1CCS(=O)(=O)C(C)(C)C1.I. The van der Waals surface area contributed by atoms with Crippen LogP contribution in [-0.4, -0.2) is 66.0 Å². The van der Waals surface area contributed by atoms with Crippen molar-refractivity contribution >= 4 is 50.8 Å². The average Bonchev–Trinajstić information content (AvgIpc) is 3.01. The van der Waals surface area contributed by atoms with Gasteiger partial charge in [-0.25, -0.2) is 13.4 Å². The summed E-state index contributed by atoms with van der Waals surface area (Å²) in [5.41, 5.74) is 2.15. The number of halogens is 1. The van der Waals surface area contributed by atoms with Gasteiger partial charge < -0.3 is 14.8 Å². The van der Waals surface area contributed by atoms with Gasteiger partial charge in [0.15, 0.2) is 15.8 Å². The molecule has 0 radical (unpaired) electrons. The van der Waals surface area contributed by atoms with Crippen LogP contribution in [0, 0.1) is 0 Å². The number of nitrogens with one attached hydrogen (secondary N) is 1. The summed E-state index contributed by atoms with van der Waals surface area (Å²) < 4.78 is 25.7. The van der Waals surface area contributed by atoms with Crippen LogP contribution in [0.3, 0.4) is 0 Å². The number of hydrogen-bond donors (Lipinski definition) is 1. The Morgan fingerprint density at radius 3 is 2.78 bits per heavy atom. The van der Waals surface area contributed by atoms with Gasteiger partial charge in [-0.3, -0.25) is 4.99 Å². The topological polar surface area (TPSA) is 79.6 Å². The smallest absolute Gasteiger partial charge is 0.193 e. The number of imidazole rings is 1. The Kier molecular flexibility index (Phi) is 7.12. The standard InChI is InChI=1S/C18H27N5O2S.HI/c1-18(2)13-22(11-12-26(18,24)25)17(19-3)20-9-6-10-23-14-21-15-7-4-5-8-16(15)23;/h4-5,7-8,14H,6,9-13H2,1-3H3,(H,19,20);1H. The number of hydrogen-bond acceptors (Lipinski definition) is 4. The van der Waals surface area contributed by atoms with Crippen LogP contribution in [0.15, 0.2) is 35.6 Å². The van der Waals surface area contributed by atoms with Crippen molar-refractivity contribution in [2.75, 3.05) is 32.4 Å². The van der Waals surface area contributed by atoms with Crippen LogP contribution in [0.2, 0.25) is 0 Å².